The normalized spacial score (nSPS) is 12.2. The molecule has 0 saturated heterocycles. The average Bonchev–Trinajstić information content (AvgIpc) is 2.86. The second kappa shape index (κ2) is 7.86. The SMILES string of the molecule is Cc1nc(NCc2cccc(F)c2)cc(C(C)Cn2nc(C)c(C)c2C)n1. The van der Waals surface area contributed by atoms with Gasteiger partial charge in [0.2, 0.25) is 0 Å². The van der Waals surface area contributed by atoms with Crippen LogP contribution in [-0.2, 0) is 13.1 Å². The first-order valence-corrected chi connectivity index (χ1v) is 9.18. The van der Waals surface area contributed by atoms with Crippen molar-refractivity contribution in [2.45, 2.75) is 53.6 Å². The minimum absolute atomic E-state index is 0.193. The predicted octanol–water partition coefficient (Wildman–Crippen LogP) is 4.46. The fourth-order valence-electron chi connectivity index (χ4n) is 3.09. The average molecular weight is 367 g/mol. The summed E-state index contributed by atoms with van der Waals surface area (Å²) < 4.78 is 15.4. The molecule has 2 aromatic heterocycles. The van der Waals surface area contributed by atoms with E-state index in [9.17, 15) is 4.39 Å². The number of nitrogens with zero attached hydrogens (tertiary/aromatic N) is 4. The molecule has 142 valence electrons. The molecule has 0 aliphatic heterocycles. The molecule has 0 saturated carbocycles. The number of anilines is 1. The van der Waals surface area contributed by atoms with Crippen LogP contribution in [0, 0.1) is 33.5 Å². The van der Waals surface area contributed by atoms with Crippen molar-refractivity contribution < 1.29 is 4.39 Å². The molecule has 2 heterocycles. The van der Waals surface area contributed by atoms with E-state index in [0.29, 0.717) is 12.4 Å². The molecule has 0 spiro atoms. The molecule has 0 bridgehead atoms. The maximum absolute atomic E-state index is 13.3. The lowest BCUT2D eigenvalue weighted by molar-refractivity contribution is 0.519. The lowest BCUT2D eigenvalue weighted by Crippen LogP contribution is -2.13. The number of aromatic nitrogens is 4. The summed E-state index contributed by atoms with van der Waals surface area (Å²) in [6.45, 7) is 11.5. The molecular formula is C21H26FN5. The molecule has 3 aromatic rings. The van der Waals surface area contributed by atoms with Crippen molar-refractivity contribution in [2.24, 2.45) is 0 Å². The van der Waals surface area contributed by atoms with Crippen LogP contribution < -0.4 is 5.32 Å². The van der Waals surface area contributed by atoms with Gasteiger partial charge in [-0.1, -0.05) is 19.1 Å². The molecule has 0 radical (unpaired) electrons. The van der Waals surface area contributed by atoms with Gasteiger partial charge in [-0.05, 0) is 51.0 Å². The minimum atomic E-state index is -0.234. The van der Waals surface area contributed by atoms with Gasteiger partial charge in [-0.15, -0.1) is 0 Å². The van der Waals surface area contributed by atoms with Crippen LogP contribution in [0.4, 0.5) is 10.2 Å². The van der Waals surface area contributed by atoms with E-state index in [4.69, 9.17) is 0 Å². The lowest BCUT2D eigenvalue weighted by atomic mass is 10.1. The molecule has 5 nitrogen and oxygen atoms in total. The van der Waals surface area contributed by atoms with Crippen LogP contribution in [0.5, 0.6) is 0 Å². The van der Waals surface area contributed by atoms with Gasteiger partial charge in [-0.3, -0.25) is 4.68 Å². The minimum Gasteiger partial charge on any atom is -0.366 e. The molecule has 0 aliphatic rings. The molecule has 0 amide bonds. The highest BCUT2D eigenvalue weighted by Crippen LogP contribution is 2.21. The smallest absolute Gasteiger partial charge is 0.130 e. The van der Waals surface area contributed by atoms with Gasteiger partial charge in [0, 0.05) is 30.8 Å². The van der Waals surface area contributed by atoms with Gasteiger partial charge in [-0.25, -0.2) is 14.4 Å². The van der Waals surface area contributed by atoms with Gasteiger partial charge in [0.1, 0.15) is 17.5 Å². The maximum atomic E-state index is 13.3. The van der Waals surface area contributed by atoms with E-state index in [-0.39, 0.29) is 11.7 Å². The zero-order valence-electron chi connectivity index (χ0n) is 16.5. The fourth-order valence-corrected chi connectivity index (χ4v) is 3.09. The highest BCUT2D eigenvalue weighted by molar-refractivity contribution is 5.38. The Morgan fingerprint density at radius 3 is 2.56 bits per heavy atom. The highest BCUT2D eigenvalue weighted by Gasteiger charge is 2.14. The Balaban J connectivity index is 1.74. The van der Waals surface area contributed by atoms with Crippen molar-refractivity contribution >= 4 is 5.82 Å². The zero-order chi connectivity index (χ0) is 19.6. The maximum Gasteiger partial charge on any atom is 0.130 e. The standard InChI is InChI=1S/C21H26FN5/c1-13(12-27-16(4)14(2)15(3)26-27)20-10-21(25-17(5)24-20)23-11-18-7-6-8-19(22)9-18/h6-10,13H,11-12H2,1-5H3,(H,23,24,25). The monoisotopic (exact) mass is 367 g/mol. The van der Waals surface area contributed by atoms with Crippen LogP contribution in [0.2, 0.25) is 0 Å². The number of halogens is 1. The van der Waals surface area contributed by atoms with Gasteiger partial charge < -0.3 is 5.32 Å². The molecule has 1 unspecified atom stereocenters. The van der Waals surface area contributed by atoms with Gasteiger partial charge in [0.15, 0.2) is 0 Å². The van der Waals surface area contributed by atoms with E-state index >= 15 is 0 Å². The van der Waals surface area contributed by atoms with Crippen LogP contribution >= 0.6 is 0 Å². The first-order valence-electron chi connectivity index (χ1n) is 9.18. The summed E-state index contributed by atoms with van der Waals surface area (Å²) in [7, 11) is 0. The summed E-state index contributed by atoms with van der Waals surface area (Å²) in [5.74, 6) is 1.42. The second-order valence-corrected chi connectivity index (χ2v) is 7.09. The summed E-state index contributed by atoms with van der Waals surface area (Å²) in [4.78, 5) is 9.06. The summed E-state index contributed by atoms with van der Waals surface area (Å²) in [5.41, 5.74) is 5.33. The van der Waals surface area contributed by atoms with Crippen molar-refractivity contribution in [3.05, 3.63) is 70.2 Å². The Morgan fingerprint density at radius 2 is 1.89 bits per heavy atom. The molecule has 6 heteroatoms. The first-order chi connectivity index (χ1) is 12.8. The van der Waals surface area contributed by atoms with Crippen LogP contribution in [0.1, 0.15) is 46.9 Å². The van der Waals surface area contributed by atoms with E-state index in [2.05, 4.69) is 41.2 Å². The van der Waals surface area contributed by atoms with Crippen molar-refractivity contribution in [1.82, 2.24) is 19.7 Å². The molecule has 3 rings (SSSR count). The number of nitrogens with one attached hydrogen (secondary N) is 1. The summed E-state index contributed by atoms with van der Waals surface area (Å²) in [5, 5.41) is 7.90. The lowest BCUT2D eigenvalue weighted by Gasteiger charge is -2.15. The number of hydrogen-bond acceptors (Lipinski definition) is 4. The van der Waals surface area contributed by atoms with Crippen LogP contribution in [0.25, 0.3) is 0 Å². The summed E-state index contributed by atoms with van der Waals surface area (Å²) >= 11 is 0. The second-order valence-electron chi connectivity index (χ2n) is 7.09. The Labute approximate surface area is 159 Å². The van der Waals surface area contributed by atoms with Crippen molar-refractivity contribution in [3.8, 4) is 0 Å². The van der Waals surface area contributed by atoms with E-state index in [0.717, 1.165) is 29.3 Å². The summed E-state index contributed by atoms with van der Waals surface area (Å²) in [6.07, 6.45) is 0. The Bertz CT molecular complexity index is 948. The van der Waals surface area contributed by atoms with Crippen molar-refractivity contribution in [2.75, 3.05) is 5.32 Å². The van der Waals surface area contributed by atoms with Crippen LogP contribution in [0.15, 0.2) is 30.3 Å². The fraction of sp³-hybridized carbons (Fsp3) is 0.381. The van der Waals surface area contributed by atoms with E-state index in [1.165, 1.54) is 23.4 Å². The van der Waals surface area contributed by atoms with Crippen molar-refractivity contribution in [1.29, 1.82) is 0 Å². The van der Waals surface area contributed by atoms with Gasteiger partial charge in [0.25, 0.3) is 0 Å². The third kappa shape index (κ3) is 4.51. The number of rotatable bonds is 6. The summed E-state index contributed by atoms with van der Waals surface area (Å²) in [6, 6.07) is 8.53. The molecule has 1 aromatic carbocycles. The quantitative estimate of drug-likeness (QED) is 0.699. The van der Waals surface area contributed by atoms with E-state index < -0.39 is 0 Å². The number of hydrogen-bond donors (Lipinski definition) is 1. The predicted molar refractivity (Wildman–Crippen MR) is 105 cm³/mol. The van der Waals surface area contributed by atoms with Crippen LogP contribution in [-0.4, -0.2) is 19.7 Å². The van der Waals surface area contributed by atoms with E-state index in [1.54, 1.807) is 6.07 Å². The van der Waals surface area contributed by atoms with Gasteiger partial charge in [0.05, 0.1) is 11.4 Å². The number of benzene rings is 1. The molecule has 0 fully saturated rings. The third-order valence-corrected chi connectivity index (χ3v) is 4.92. The largest absolute Gasteiger partial charge is 0.366 e. The Kier molecular flexibility index (Phi) is 5.54. The van der Waals surface area contributed by atoms with Crippen LogP contribution in [0.3, 0.4) is 0 Å². The molecule has 27 heavy (non-hydrogen) atoms. The van der Waals surface area contributed by atoms with Gasteiger partial charge in [-0.2, -0.15) is 5.10 Å². The number of aryl methyl sites for hydroxylation is 2. The Morgan fingerprint density at radius 1 is 1.11 bits per heavy atom. The zero-order valence-corrected chi connectivity index (χ0v) is 16.5. The molecular weight excluding hydrogens is 341 g/mol. The highest BCUT2D eigenvalue weighted by atomic mass is 19.1. The Hall–Kier alpha value is -2.76. The first kappa shape index (κ1) is 19.0. The molecule has 0 aliphatic carbocycles. The molecule has 1 atom stereocenters. The van der Waals surface area contributed by atoms with Crippen molar-refractivity contribution in [3.63, 3.8) is 0 Å². The topological polar surface area (TPSA) is 55.6 Å². The van der Waals surface area contributed by atoms with E-state index in [1.807, 2.05) is 30.7 Å². The molecule has 1 N–H and O–H groups in total. The van der Waals surface area contributed by atoms with Gasteiger partial charge >= 0.3 is 0 Å². The third-order valence-electron chi connectivity index (χ3n) is 4.92.